The first-order valence-corrected chi connectivity index (χ1v) is 10.3. The quantitative estimate of drug-likeness (QED) is 0.524. The fourth-order valence-corrected chi connectivity index (χ4v) is 3.66. The highest BCUT2D eigenvalue weighted by Crippen LogP contribution is 2.34. The third-order valence-electron chi connectivity index (χ3n) is 5.64. The van der Waals surface area contributed by atoms with E-state index in [-0.39, 0.29) is 23.8 Å². The molecule has 3 aromatic rings. The van der Waals surface area contributed by atoms with Crippen molar-refractivity contribution in [2.24, 2.45) is 11.1 Å². The van der Waals surface area contributed by atoms with Crippen LogP contribution in [0.4, 0.5) is 0 Å². The molecule has 0 aromatic heterocycles. The van der Waals surface area contributed by atoms with E-state index in [1.807, 2.05) is 92.7 Å². The summed E-state index contributed by atoms with van der Waals surface area (Å²) in [5.74, 6) is -0.126. The molecule has 30 heavy (non-hydrogen) atoms. The van der Waals surface area contributed by atoms with Gasteiger partial charge in [-0.25, -0.2) is 0 Å². The molecule has 3 rings (SSSR count). The second-order valence-electron chi connectivity index (χ2n) is 8.31. The predicted molar refractivity (Wildman–Crippen MR) is 122 cm³/mol. The number of carbonyl (C=O) groups is 1. The van der Waals surface area contributed by atoms with Gasteiger partial charge in [0.1, 0.15) is 0 Å². The molecule has 4 N–H and O–H groups in total. The summed E-state index contributed by atoms with van der Waals surface area (Å²) in [4.78, 5) is 12.9. The van der Waals surface area contributed by atoms with Crippen molar-refractivity contribution in [1.29, 1.82) is 0 Å². The molecular weight excluding hydrogens is 372 g/mol. The summed E-state index contributed by atoms with van der Waals surface area (Å²) in [6.07, 6.45) is 0. The lowest BCUT2D eigenvalue weighted by atomic mass is 9.75. The van der Waals surface area contributed by atoms with Crippen molar-refractivity contribution in [3.05, 3.63) is 95.6 Å². The van der Waals surface area contributed by atoms with Gasteiger partial charge in [-0.1, -0.05) is 74.5 Å². The van der Waals surface area contributed by atoms with Crippen molar-refractivity contribution >= 4 is 5.91 Å². The Morgan fingerprint density at radius 2 is 1.63 bits per heavy atom. The number of amides is 1. The third kappa shape index (κ3) is 5.15. The summed E-state index contributed by atoms with van der Waals surface area (Å²) >= 11 is 0. The van der Waals surface area contributed by atoms with Crippen LogP contribution in [-0.4, -0.2) is 24.2 Å². The van der Waals surface area contributed by atoms with E-state index in [1.165, 1.54) is 0 Å². The molecular formula is C26H30N2O2. The number of nitrogens with one attached hydrogen (secondary N) is 1. The Hall–Kier alpha value is -2.95. The van der Waals surface area contributed by atoms with Crippen LogP contribution in [0.25, 0.3) is 11.1 Å². The molecule has 3 aromatic carbocycles. The Labute approximate surface area is 178 Å². The van der Waals surface area contributed by atoms with Gasteiger partial charge < -0.3 is 16.2 Å². The van der Waals surface area contributed by atoms with Crippen LogP contribution in [-0.2, 0) is 6.54 Å². The first-order valence-electron chi connectivity index (χ1n) is 10.3. The normalized spacial score (nSPS) is 12.4. The van der Waals surface area contributed by atoms with Gasteiger partial charge in [0.15, 0.2) is 0 Å². The Morgan fingerprint density at radius 3 is 2.30 bits per heavy atom. The van der Waals surface area contributed by atoms with E-state index in [9.17, 15) is 9.90 Å². The maximum absolute atomic E-state index is 12.9. The summed E-state index contributed by atoms with van der Waals surface area (Å²) in [7, 11) is 0. The third-order valence-corrected chi connectivity index (χ3v) is 5.64. The fraction of sp³-hybridized carbons (Fsp3) is 0.269. The van der Waals surface area contributed by atoms with E-state index in [4.69, 9.17) is 5.73 Å². The van der Waals surface area contributed by atoms with Crippen LogP contribution in [0.15, 0.2) is 78.9 Å². The van der Waals surface area contributed by atoms with E-state index in [2.05, 4.69) is 5.32 Å². The minimum atomic E-state index is -0.362. The topological polar surface area (TPSA) is 75.3 Å². The Bertz CT molecular complexity index is 983. The second-order valence-corrected chi connectivity index (χ2v) is 8.31. The molecule has 0 fully saturated rings. The molecule has 1 amide bonds. The van der Waals surface area contributed by atoms with Gasteiger partial charge in [-0.15, -0.1) is 0 Å². The molecule has 156 valence electrons. The number of hydrogen-bond acceptors (Lipinski definition) is 3. The van der Waals surface area contributed by atoms with Gasteiger partial charge >= 0.3 is 0 Å². The minimum Gasteiger partial charge on any atom is -0.396 e. The second kappa shape index (κ2) is 9.70. The highest BCUT2D eigenvalue weighted by atomic mass is 16.3. The zero-order valence-electron chi connectivity index (χ0n) is 17.6. The average Bonchev–Trinajstić information content (AvgIpc) is 2.79. The smallest absolute Gasteiger partial charge is 0.251 e. The Balaban J connectivity index is 1.78. The SMILES string of the molecule is CC(C)(CO)C(CNC(=O)c1cccc(-c2cccc(CN)c2)c1)c1ccccc1. The van der Waals surface area contributed by atoms with Crippen LogP contribution in [0.5, 0.6) is 0 Å². The number of hydrogen-bond donors (Lipinski definition) is 3. The molecule has 0 heterocycles. The van der Waals surface area contributed by atoms with E-state index in [0.29, 0.717) is 18.7 Å². The molecule has 0 aliphatic carbocycles. The standard InChI is InChI=1S/C26H30N2O2/c1-26(2,18-29)24(20-9-4-3-5-10-20)17-28-25(30)23-13-7-12-22(15-23)21-11-6-8-19(14-21)16-27/h3-15,24,29H,16-18,27H2,1-2H3,(H,28,30). The summed E-state index contributed by atoms with van der Waals surface area (Å²) in [5.41, 5.74) is 10.2. The fourth-order valence-electron chi connectivity index (χ4n) is 3.66. The zero-order chi connectivity index (χ0) is 21.6. The van der Waals surface area contributed by atoms with Gasteiger partial charge in [0, 0.05) is 31.2 Å². The lowest BCUT2D eigenvalue weighted by Gasteiger charge is -2.33. The highest BCUT2D eigenvalue weighted by Gasteiger charge is 2.30. The van der Waals surface area contributed by atoms with E-state index in [1.54, 1.807) is 0 Å². The van der Waals surface area contributed by atoms with Crippen LogP contribution in [0.3, 0.4) is 0 Å². The summed E-state index contributed by atoms with van der Waals surface area (Å²) < 4.78 is 0. The molecule has 0 spiro atoms. The van der Waals surface area contributed by atoms with Crippen molar-refractivity contribution in [2.45, 2.75) is 26.3 Å². The lowest BCUT2D eigenvalue weighted by molar-refractivity contribution is 0.0920. The van der Waals surface area contributed by atoms with Gasteiger partial charge in [-0.2, -0.15) is 0 Å². The summed E-state index contributed by atoms with van der Waals surface area (Å²) in [5, 5.41) is 13.0. The molecule has 0 aliphatic rings. The largest absolute Gasteiger partial charge is 0.396 e. The maximum Gasteiger partial charge on any atom is 0.251 e. The number of benzene rings is 3. The highest BCUT2D eigenvalue weighted by molar-refractivity contribution is 5.95. The molecule has 0 bridgehead atoms. The molecule has 0 aliphatic heterocycles. The molecule has 0 saturated heterocycles. The van der Waals surface area contributed by atoms with Gasteiger partial charge in [0.2, 0.25) is 0 Å². The number of rotatable bonds is 8. The summed E-state index contributed by atoms with van der Waals surface area (Å²) in [6, 6.07) is 25.7. The number of nitrogens with two attached hydrogens (primary N) is 1. The molecule has 0 saturated carbocycles. The van der Waals surface area contributed by atoms with E-state index >= 15 is 0 Å². The Kier molecular flexibility index (Phi) is 7.03. The first-order chi connectivity index (χ1) is 14.4. The van der Waals surface area contributed by atoms with Crippen LogP contribution >= 0.6 is 0 Å². The maximum atomic E-state index is 12.9. The molecule has 1 atom stereocenters. The number of aliphatic hydroxyl groups is 1. The van der Waals surface area contributed by atoms with Crippen molar-refractivity contribution in [3.63, 3.8) is 0 Å². The van der Waals surface area contributed by atoms with E-state index in [0.717, 1.165) is 22.3 Å². The van der Waals surface area contributed by atoms with Crippen LogP contribution in [0.1, 0.15) is 41.3 Å². The molecule has 4 heteroatoms. The molecule has 0 radical (unpaired) electrons. The molecule has 1 unspecified atom stereocenters. The van der Waals surface area contributed by atoms with E-state index < -0.39 is 0 Å². The van der Waals surface area contributed by atoms with Crippen LogP contribution < -0.4 is 11.1 Å². The lowest BCUT2D eigenvalue weighted by Crippen LogP contribution is -2.36. The van der Waals surface area contributed by atoms with Crippen molar-refractivity contribution in [1.82, 2.24) is 5.32 Å². The van der Waals surface area contributed by atoms with Gasteiger partial charge in [-0.05, 0) is 45.9 Å². The monoisotopic (exact) mass is 402 g/mol. The predicted octanol–water partition coefficient (Wildman–Crippen LogP) is 4.34. The number of carbonyl (C=O) groups excluding carboxylic acids is 1. The minimum absolute atomic E-state index is 0.00271. The van der Waals surface area contributed by atoms with Gasteiger partial charge in [0.25, 0.3) is 5.91 Å². The van der Waals surface area contributed by atoms with Gasteiger partial charge in [0.05, 0.1) is 0 Å². The first kappa shape index (κ1) is 21.8. The zero-order valence-corrected chi connectivity index (χ0v) is 17.6. The Morgan fingerprint density at radius 1 is 0.967 bits per heavy atom. The van der Waals surface area contributed by atoms with Crippen LogP contribution in [0.2, 0.25) is 0 Å². The van der Waals surface area contributed by atoms with Crippen molar-refractivity contribution < 1.29 is 9.90 Å². The van der Waals surface area contributed by atoms with Crippen LogP contribution in [0, 0.1) is 5.41 Å². The average molecular weight is 403 g/mol. The van der Waals surface area contributed by atoms with Gasteiger partial charge in [-0.3, -0.25) is 4.79 Å². The molecule has 4 nitrogen and oxygen atoms in total. The van der Waals surface area contributed by atoms with Crippen molar-refractivity contribution in [2.75, 3.05) is 13.2 Å². The number of aliphatic hydroxyl groups excluding tert-OH is 1. The van der Waals surface area contributed by atoms with Crippen molar-refractivity contribution in [3.8, 4) is 11.1 Å². The summed E-state index contributed by atoms with van der Waals surface area (Å²) in [6.45, 7) is 5.00.